The van der Waals surface area contributed by atoms with Gasteiger partial charge in [-0.15, -0.1) is 0 Å². The molecule has 0 bridgehead atoms. The van der Waals surface area contributed by atoms with E-state index < -0.39 is 18.1 Å². The fraction of sp³-hybridized carbons (Fsp3) is 0.706. The van der Waals surface area contributed by atoms with Gasteiger partial charge in [-0.05, 0) is 20.3 Å². The van der Waals surface area contributed by atoms with Gasteiger partial charge in [-0.2, -0.15) is 0 Å². The Hall–Kier alpha value is -1.85. The molecule has 0 aromatic carbocycles. The highest BCUT2D eigenvalue weighted by Crippen LogP contribution is 2.43. The number of hydrogen-bond donors (Lipinski definition) is 2. The maximum atomic E-state index is 9.68. The van der Waals surface area contributed by atoms with Crippen LogP contribution in [0.5, 0.6) is 0 Å². The summed E-state index contributed by atoms with van der Waals surface area (Å²) in [6, 6.07) is 0.214. The summed E-state index contributed by atoms with van der Waals surface area (Å²) in [5.74, 6) is -0.0582. The second kappa shape index (κ2) is 6.35. The number of aliphatic hydroxyl groups excluding tert-OH is 1. The maximum absolute atomic E-state index is 9.68. The molecule has 3 aliphatic heterocycles. The number of aromatic nitrogens is 4. The van der Waals surface area contributed by atoms with Crippen LogP contribution in [-0.4, -0.2) is 74.6 Å². The van der Waals surface area contributed by atoms with Gasteiger partial charge in [-0.1, -0.05) is 0 Å². The lowest BCUT2D eigenvalue weighted by Crippen LogP contribution is -2.31. The molecule has 5 heterocycles. The Morgan fingerprint density at radius 3 is 2.89 bits per heavy atom. The molecule has 5 atom stereocenters. The highest BCUT2D eigenvalue weighted by molar-refractivity contribution is 5.82. The van der Waals surface area contributed by atoms with E-state index in [1.54, 1.807) is 6.33 Å². The molecule has 0 spiro atoms. The predicted octanol–water partition coefficient (Wildman–Crippen LogP) is 0.437. The number of rotatable bonds is 4. The monoisotopic (exact) mass is 377 g/mol. The fourth-order valence-corrected chi connectivity index (χ4v) is 4.02. The minimum atomic E-state index is -0.731. The summed E-state index contributed by atoms with van der Waals surface area (Å²) >= 11 is 0. The number of fused-ring (bicyclic) bond motifs is 2. The van der Waals surface area contributed by atoms with Crippen LogP contribution in [0.15, 0.2) is 12.7 Å². The van der Waals surface area contributed by atoms with E-state index in [1.807, 2.05) is 18.4 Å². The molecule has 3 saturated heterocycles. The largest absolute Gasteiger partial charge is 0.394 e. The molecule has 27 heavy (non-hydrogen) atoms. The first-order chi connectivity index (χ1) is 13.1. The van der Waals surface area contributed by atoms with Crippen LogP contribution in [0.2, 0.25) is 0 Å². The molecule has 0 aliphatic carbocycles. The minimum Gasteiger partial charge on any atom is -0.394 e. The van der Waals surface area contributed by atoms with Crippen molar-refractivity contribution < 1.29 is 24.1 Å². The highest BCUT2D eigenvalue weighted by atomic mass is 16.8. The Bertz CT molecular complexity index is 836. The Balaban J connectivity index is 1.48. The molecule has 1 unspecified atom stereocenters. The first-order valence-corrected chi connectivity index (χ1v) is 9.19. The molecule has 10 nitrogen and oxygen atoms in total. The Labute approximate surface area is 155 Å². The van der Waals surface area contributed by atoms with Gasteiger partial charge >= 0.3 is 0 Å². The van der Waals surface area contributed by atoms with Crippen molar-refractivity contribution in [1.82, 2.24) is 19.5 Å². The summed E-state index contributed by atoms with van der Waals surface area (Å²) in [5, 5.41) is 13.1. The number of imidazole rings is 1. The van der Waals surface area contributed by atoms with E-state index >= 15 is 0 Å². The van der Waals surface area contributed by atoms with Crippen molar-refractivity contribution in [2.75, 3.05) is 25.1 Å². The van der Waals surface area contributed by atoms with E-state index in [4.69, 9.17) is 18.9 Å². The molecule has 0 amide bonds. The van der Waals surface area contributed by atoms with Crippen LogP contribution >= 0.6 is 0 Å². The first-order valence-electron chi connectivity index (χ1n) is 9.19. The van der Waals surface area contributed by atoms with Gasteiger partial charge in [0.15, 0.2) is 29.0 Å². The lowest BCUT2D eigenvalue weighted by atomic mass is 10.1. The van der Waals surface area contributed by atoms with Crippen molar-refractivity contribution in [3.63, 3.8) is 0 Å². The van der Waals surface area contributed by atoms with E-state index in [0.717, 1.165) is 13.0 Å². The van der Waals surface area contributed by atoms with E-state index in [-0.39, 0.29) is 24.9 Å². The Kier molecular flexibility index (Phi) is 4.06. The molecule has 10 heteroatoms. The van der Waals surface area contributed by atoms with Crippen LogP contribution in [0.1, 0.15) is 26.5 Å². The summed E-state index contributed by atoms with van der Waals surface area (Å²) in [7, 11) is 0. The van der Waals surface area contributed by atoms with E-state index in [0.29, 0.717) is 23.6 Å². The molecular formula is C17H23N5O5. The van der Waals surface area contributed by atoms with Crippen LogP contribution in [0.4, 0.5) is 5.82 Å². The van der Waals surface area contributed by atoms with Gasteiger partial charge < -0.3 is 29.4 Å². The maximum Gasteiger partial charge on any atom is 0.167 e. The van der Waals surface area contributed by atoms with Gasteiger partial charge in [0.05, 0.1) is 25.6 Å². The normalized spacial score (nSPS) is 35.0. The molecule has 2 N–H and O–H groups in total. The number of nitrogens with zero attached hydrogens (tertiary/aromatic N) is 4. The van der Waals surface area contributed by atoms with E-state index in [1.165, 1.54) is 6.33 Å². The number of aliphatic hydroxyl groups is 1. The molecule has 0 saturated carbocycles. The van der Waals surface area contributed by atoms with Crippen LogP contribution in [0.25, 0.3) is 11.2 Å². The lowest BCUT2D eigenvalue weighted by molar-refractivity contribution is -0.199. The quantitative estimate of drug-likeness (QED) is 0.783. The van der Waals surface area contributed by atoms with Crippen LogP contribution < -0.4 is 5.32 Å². The van der Waals surface area contributed by atoms with Gasteiger partial charge in [-0.25, -0.2) is 15.0 Å². The van der Waals surface area contributed by atoms with Gasteiger partial charge in [0.25, 0.3) is 0 Å². The number of ether oxygens (including phenoxy) is 4. The third-order valence-electron chi connectivity index (χ3n) is 5.21. The third-order valence-corrected chi connectivity index (χ3v) is 5.21. The van der Waals surface area contributed by atoms with Crippen LogP contribution in [-0.2, 0) is 18.9 Å². The standard InChI is InChI=1S/C17H23N5O5/c1-17(2)26-12-10(5-23)25-16(13(12)27-17)22-8-20-11-14(18-7-19-15(11)22)21-9-3-4-24-6-9/h7-10,12-13,16,23H,3-6H2,1-2H3,(H,18,19,21)/t9-,10-,12-,13-,16?/m1/s1. The van der Waals surface area contributed by atoms with Crippen molar-refractivity contribution >= 4 is 17.0 Å². The van der Waals surface area contributed by atoms with Crippen molar-refractivity contribution in [3.05, 3.63) is 12.7 Å². The number of hydrogen-bond acceptors (Lipinski definition) is 9. The summed E-state index contributed by atoms with van der Waals surface area (Å²) in [4.78, 5) is 13.2. The second-order valence-corrected chi connectivity index (χ2v) is 7.56. The molecule has 2 aromatic heterocycles. The molecule has 2 aromatic rings. The van der Waals surface area contributed by atoms with Crippen LogP contribution in [0.3, 0.4) is 0 Å². The average Bonchev–Trinajstić information content (AvgIpc) is 3.38. The zero-order chi connectivity index (χ0) is 18.6. The second-order valence-electron chi connectivity index (χ2n) is 7.56. The first kappa shape index (κ1) is 17.3. The molecular weight excluding hydrogens is 354 g/mol. The molecule has 5 rings (SSSR count). The van der Waals surface area contributed by atoms with E-state index in [9.17, 15) is 5.11 Å². The molecule has 146 valence electrons. The highest BCUT2D eigenvalue weighted by Gasteiger charge is 2.56. The third kappa shape index (κ3) is 2.88. The topological polar surface area (TPSA) is 113 Å². The summed E-state index contributed by atoms with van der Waals surface area (Å²) < 4.78 is 25.2. The smallest absolute Gasteiger partial charge is 0.167 e. The lowest BCUT2D eigenvalue weighted by Gasteiger charge is -2.24. The SMILES string of the molecule is CC1(C)O[C@@H]2[C@@H](CO)OC(n3cnc4c(N[C@@H]5CCOC5)ncnc43)[C@@H]2O1. The average molecular weight is 377 g/mol. The molecule has 0 radical (unpaired) electrons. The number of anilines is 1. The van der Waals surface area contributed by atoms with Gasteiger partial charge in [0.1, 0.15) is 24.6 Å². The number of nitrogens with one attached hydrogen (secondary N) is 1. The van der Waals surface area contributed by atoms with E-state index in [2.05, 4.69) is 20.3 Å². The van der Waals surface area contributed by atoms with Crippen molar-refractivity contribution in [1.29, 1.82) is 0 Å². The zero-order valence-corrected chi connectivity index (χ0v) is 15.2. The Morgan fingerprint density at radius 2 is 2.11 bits per heavy atom. The van der Waals surface area contributed by atoms with Crippen molar-refractivity contribution in [2.45, 2.75) is 56.6 Å². The summed E-state index contributed by atoms with van der Waals surface area (Å²) in [5.41, 5.74) is 1.30. The summed E-state index contributed by atoms with van der Waals surface area (Å²) in [6.07, 6.45) is 2.45. The molecule has 3 fully saturated rings. The van der Waals surface area contributed by atoms with Crippen molar-refractivity contribution in [2.24, 2.45) is 0 Å². The van der Waals surface area contributed by atoms with Crippen LogP contribution in [0, 0.1) is 0 Å². The Morgan fingerprint density at radius 1 is 1.26 bits per heavy atom. The van der Waals surface area contributed by atoms with Crippen molar-refractivity contribution in [3.8, 4) is 0 Å². The minimum absolute atomic E-state index is 0.146. The van der Waals surface area contributed by atoms with Gasteiger partial charge in [0, 0.05) is 6.61 Å². The molecule has 3 aliphatic rings. The predicted molar refractivity (Wildman–Crippen MR) is 93.0 cm³/mol. The summed E-state index contributed by atoms with van der Waals surface area (Å²) in [6.45, 7) is 4.97. The van der Waals surface area contributed by atoms with Gasteiger partial charge in [-0.3, -0.25) is 4.57 Å². The zero-order valence-electron chi connectivity index (χ0n) is 15.2. The van der Waals surface area contributed by atoms with Gasteiger partial charge in [0.2, 0.25) is 0 Å². The fourth-order valence-electron chi connectivity index (χ4n) is 4.02.